The molecule has 1 saturated carbocycles. The monoisotopic (exact) mass is 517 g/mol. The van der Waals surface area contributed by atoms with E-state index < -0.39 is 23.8 Å². The highest BCUT2D eigenvalue weighted by molar-refractivity contribution is 5.93. The third kappa shape index (κ3) is 8.11. The van der Waals surface area contributed by atoms with E-state index in [9.17, 15) is 19.5 Å². The number of phenolic OH excluding ortho intramolecular Hbond substituents is 1. The van der Waals surface area contributed by atoms with Gasteiger partial charge in [-0.1, -0.05) is 58.7 Å². The summed E-state index contributed by atoms with van der Waals surface area (Å²) in [6, 6.07) is 3.05. The molecule has 0 saturated heterocycles. The van der Waals surface area contributed by atoms with Crippen molar-refractivity contribution in [2.75, 3.05) is 0 Å². The van der Waals surface area contributed by atoms with Gasteiger partial charge in [0.1, 0.15) is 23.4 Å². The third-order valence-corrected chi connectivity index (χ3v) is 7.03. The first-order valence-corrected chi connectivity index (χ1v) is 13.6. The topological polar surface area (TPSA) is 108 Å². The highest BCUT2D eigenvalue weighted by atomic mass is 16.6. The molecule has 37 heavy (non-hydrogen) atoms. The predicted octanol–water partition coefficient (Wildman–Crippen LogP) is 5.22. The quantitative estimate of drug-likeness (QED) is 0.373. The minimum Gasteiger partial charge on any atom is -0.507 e. The van der Waals surface area contributed by atoms with Crippen molar-refractivity contribution in [1.29, 1.82) is 0 Å². The maximum absolute atomic E-state index is 14.3. The van der Waals surface area contributed by atoms with Crippen LogP contribution in [0.3, 0.4) is 0 Å². The molecule has 8 nitrogen and oxygen atoms in total. The summed E-state index contributed by atoms with van der Waals surface area (Å²) in [6.45, 7) is 16.9. The second-order valence-corrected chi connectivity index (χ2v) is 11.6. The maximum Gasteiger partial charge on any atom is 0.408 e. The molecule has 3 amide bonds. The minimum absolute atomic E-state index is 0.00270. The molecule has 1 aromatic rings. The number of amides is 3. The van der Waals surface area contributed by atoms with E-state index in [0.717, 1.165) is 19.3 Å². The summed E-state index contributed by atoms with van der Waals surface area (Å²) in [7, 11) is 0. The van der Waals surface area contributed by atoms with Gasteiger partial charge in [-0.3, -0.25) is 9.59 Å². The molecule has 0 spiro atoms. The Labute approximate surface area is 222 Å². The highest BCUT2D eigenvalue weighted by Gasteiger charge is 2.49. The zero-order chi connectivity index (χ0) is 28.1. The number of rotatable bonds is 11. The standard InChI is InChI=1S/C29H47N3O5/c1-10-13-20(6)30-26(34)24(21-15-12-14-18(4)25(21)33)32(22-16-19(22)5)27(35)23(17(3)11-2)31-28(36)37-29(7,8)9/h12,14-15,17,19-20,22-24,33H,10-11,13,16H2,1-9H3,(H,30,34)(H,31,36). The van der Waals surface area contributed by atoms with Gasteiger partial charge in [-0.2, -0.15) is 0 Å². The van der Waals surface area contributed by atoms with E-state index in [1.165, 1.54) is 0 Å². The van der Waals surface area contributed by atoms with Gasteiger partial charge in [0.2, 0.25) is 11.8 Å². The van der Waals surface area contributed by atoms with Crippen LogP contribution in [0.2, 0.25) is 0 Å². The summed E-state index contributed by atoms with van der Waals surface area (Å²) in [4.78, 5) is 42.4. The smallest absolute Gasteiger partial charge is 0.408 e. The summed E-state index contributed by atoms with van der Waals surface area (Å²) in [5, 5.41) is 16.9. The Morgan fingerprint density at radius 3 is 2.30 bits per heavy atom. The Balaban J connectivity index is 2.57. The molecular formula is C29H47N3O5. The summed E-state index contributed by atoms with van der Waals surface area (Å²) in [6.07, 6.45) is 2.40. The van der Waals surface area contributed by atoms with E-state index in [2.05, 4.69) is 10.6 Å². The SMILES string of the molecule is CCCC(C)NC(=O)C(c1cccc(C)c1O)N(C(=O)C(NC(=O)OC(C)(C)C)C(C)CC)C1CC1C. The molecule has 1 aromatic carbocycles. The van der Waals surface area contributed by atoms with E-state index in [1.807, 2.05) is 34.6 Å². The lowest BCUT2D eigenvalue weighted by atomic mass is 9.94. The maximum atomic E-state index is 14.3. The Kier molecular flexibility index (Phi) is 10.4. The minimum atomic E-state index is -1.03. The molecule has 208 valence electrons. The highest BCUT2D eigenvalue weighted by Crippen LogP contribution is 2.43. The van der Waals surface area contributed by atoms with E-state index in [4.69, 9.17) is 4.74 Å². The van der Waals surface area contributed by atoms with Crippen molar-refractivity contribution in [1.82, 2.24) is 15.5 Å². The van der Waals surface area contributed by atoms with E-state index >= 15 is 0 Å². The van der Waals surface area contributed by atoms with E-state index in [0.29, 0.717) is 17.5 Å². The summed E-state index contributed by atoms with van der Waals surface area (Å²) in [5.74, 6) is -0.700. The fourth-order valence-electron chi connectivity index (χ4n) is 4.60. The molecule has 0 bridgehead atoms. The van der Waals surface area contributed by atoms with Gasteiger partial charge in [-0.25, -0.2) is 4.79 Å². The number of phenols is 1. The number of hydrogen-bond donors (Lipinski definition) is 3. The molecule has 1 fully saturated rings. The Morgan fingerprint density at radius 1 is 1.16 bits per heavy atom. The van der Waals surface area contributed by atoms with Crippen LogP contribution in [0.1, 0.15) is 98.2 Å². The van der Waals surface area contributed by atoms with Gasteiger partial charge in [0.05, 0.1) is 0 Å². The zero-order valence-electron chi connectivity index (χ0n) is 24.1. The molecule has 1 aliphatic carbocycles. The van der Waals surface area contributed by atoms with Crippen LogP contribution < -0.4 is 10.6 Å². The average molecular weight is 518 g/mol. The van der Waals surface area contributed by atoms with E-state index in [1.54, 1.807) is 50.8 Å². The van der Waals surface area contributed by atoms with Gasteiger partial charge in [-0.05, 0) is 64.9 Å². The molecule has 6 atom stereocenters. The number of benzene rings is 1. The Hall–Kier alpha value is -2.77. The van der Waals surface area contributed by atoms with Crippen LogP contribution in [0.15, 0.2) is 18.2 Å². The number of hydrogen-bond acceptors (Lipinski definition) is 5. The van der Waals surface area contributed by atoms with Gasteiger partial charge in [-0.15, -0.1) is 0 Å². The van der Waals surface area contributed by atoms with Crippen molar-refractivity contribution in [2.24, 2.45) is 11.8 Å². The molecule has 0 radical (unpaired) electrons. The van der Waals surface area contributed by atoms with E-state index in [-0.39, 0.29) is 41.5 Å². The first kappa shape index (κ1) is 30.5. The fraction of sp³-hybridized carbons (Fsp3) is 0.690. The lowest BCUT2D eigenvalue weighted by molar-refractivity contribution is -0.144. The number of carbonyl (C=O) groups is 3. The van der Waals surface area contributed by atoms with Crippen LogP contribution in [-0.2, 0) is 14.3 Å². The van der Waals surface area contributed by atoms with Crippen molar-refractivity contribution in [3.05, 3.63) is 29.3 Å². The van der Waals surface area contributed by atoms with Gasteiger partial charge < -0.3 is 25.4 Å². The van der Waals surface area contributed by atoms with Crippen molar-refractivity contribution in [2.45, 2.75) is 118 Å². The van der Waals surface area contributed by atoms with Gasteiger partial charge in [0, 0.05) is 17.6 Å². The summed E-state index contributed by atoms with van der Waals surface area (Å²) in [5.41, 5.74) is 0.288. The molecule has 0 heterocycles. The third-order valence-electron chi connectivity index (χ3n) is 7.03. The molecular weight excluding hydrogens is 470 g/mol. The van der Waals surface area contributed by atoms with Crippen LogP contribution >= 0.6 is 0 Å². The first-order chi connectivity index (χ1) is 17.2. The lowest BCUT2D eigenvalue weighted by Crippen LogP contribution is -2.56. The van der Waals surface area contributed by atoms with Crippen molar-refractivity contribution < 1.29 is 24.2 Å². The first-order valence-electron chi connectivity index (χ1n) is 13.6. The number of ether oxygens (including phenoxy) is 1. The van der Waals surface area contributed by atoms with Gasteiger partial charge in [0.15, 0.2) is 0 Å². The van der Waals surface area contributed by atoms with Crippen LogP contribution in [-0.4, -0.2) is 51.6 Å². The fourth-order valence-corrected chi connectivity index (χ4v) is 4.60. The van der Waals surface area contributed by atoms with Crippen LogP contribution in [0.4, 0.5) is 4.79 Å². The molecule has 3 N–H and O–H groups in total. The van der Waals surface area contributed by atoms with Crippen molar-refractivity contribution in [3.63, 3.8) is 0 Å². The normalized spacial score (nSPS) is 20.2. The van der Waals surface area contributed by atoms with Gasteiger partial charge >= 0.3 is 6.09 Å². The summed E-state index contributed by atoms with van der Waals surface area (Å²) < 4.78 is 5.46. The van der Waals surface area contributed by atoms with Crippen LogP contribution in [0, 0.1) is 18.8 Å². The molecule has 0 aromatic heterocycles. The second-order valence-electron chi connectivity index (χ2n) is 11.6. The predicted molar refractivity (Wildman–Crippen MR) is 145 cm³/mol. The number of aryl methyl sites for hydroxylation is 1. The Bertz CT molecular complexity index is 957. The number of aromatic hydroxyl groups is 1. The number of nitrogens with zero attached hydrogens (tertiary/aromatic N) is 1. The average Bonchev–Trinajstić information content (AvgIpc) is 3.51. The molecule has 6 unspecified atom stereocenters. The lowest BCUT2D eigenvalue weighted by Gasteiger charge is -2.37. The number of alkyl carbamates (subject to hydrolysis) is 1. The number of nitrogens with one attached hydrogen (secondary N) is 2. The second kappa shape index (κ2) is 12.7. The molecule has 0 aliphatic heterocycles. The summed E-state index contributed by atoms with van der Waals surface area (Å²) >= 11 is 0. The van der Waals surface area contributed by atoms with Gasteiger partial charge in [0.25, 0.3) is 0 Å². The largest absolute Gasteiger partial charge is 0.507 e. The molecule has 1 aliphatic rings. The number of carbonyl (C=O) groups excluding carboxylic acids is 3. The van der Waals surface area contributed by atoms with Crippen LogP contribution in [0.5, 0.6) is 5.75 Å². The van der Waals surface area contributed by atoms with Crippen molar-refractivity contribution >= 4 is 17.9 Å². The molecule has 2 rings (SSSR count). The molecule has 8 heteroatoms. The Morgan fingerprint density at radius 2 is 1.78 bits per heavy atom. The van der Waals surface area contributed by atoms with Crippen molar-refractivity contribution in [3.8, 4) is 5.75 Å². The zero-order valence-corrected chi connectivity index (χ0v) is 24.1. The number of para-hydroxylation sites is 1. The van der Waals surface area contributed by atoms with Crippen LogP contribution in [0.25, 0.3) is 0 Å².